The Balaban J connectivity index is 1.44. The van der Waals surface area contributed by atoms with E-state index in [0.29, 0.717) is 41.2 Å². The molecule has 29 heavy (non-hydrogen) atoms. The van der Waals surface area contributed by atoms with Crippen molar-refractivity contribution in [1.29, 1.82) is 0 Å². The Morgan fingerprint density at radius 1 is 1.10 bits per heavy atom. The van der Waals surface area contributed by atoms with E-state index in [2.05, 4.69) is 0 Å². The minimum atomic E-state index is -0.426. The predicted octanol–water partition coefficient (Wildman–Crippen LogP) is 4.68. The summed E-state index contributed by atoms with van der Waals surface area (Å²) in [5, 5.41) is 0.619. The SMILES string of the molecule is COc1ccccc1C(=O)OC1CCC2C(=O)C(c3ccc(Cl)cc3)=COC2C1. The highest BCUT2D eigenvalue weighted by Crippen LogP contribution is 2.37. The number of ether oxygens (including phenoxy) is 3. The first kappa shape index (κ1) is 19.5. The van der Waals surface area contributed by atoms with Gasteiger partial charge in [0, 0.05) is 11.4 Å². The Morgan fingerprint density at radius 3 is 2.62 bits per heavy atom. The number of methoxy groups -OCH3 is 1. The number of esters is 1. The highest BCUT2D eigenvalue weighted by Gasteiger charge is 2.41. The lowest BCUT2D eigenvalue weighted by Crippen LogP contribution is -2.42. The van der Waals surface area contributed by atoms with Gasteiger partial charge in [-0.15, -0.1) is 0 Å². The summed E-state index contributed by atoms with van der Waals surface area (Å²) in [5.74, 6) is -0.110. The van der Waals surface area contributed by atoms with Crippen molar-refractivity contribution in [3.63, 3.8) is 0 Å². The van der Waals surface area contributed by atoms with E-state index in [1.807, 2.05) is 12.1 Å². The number of rotatable bonds is 4. The van der Waals surface area contributed by atoms with Gasteiger partial charge in [-0.2, -0.15) is 0 Å². The lowest BCUT2D eigenvalue weighted by atomic mass is 9.78. The molecule has 1 saturated carbocycles. The number of fused-ring (bicyclic) bond motifs is 1. The van der Waals surface area contributed by atoms with Crippen molar-refractivity contribution in [1.82, 2.24) is 0 Å². The normalized spacial score (nSPS) is 23.4. The van der Waals surface area contributed by atoms with E-state index in [-0.39, 0.29) is 23.9 Å². The van der Waals surface area contributed by atoms with Crippen molar-refractivity contribution in [2.75, 3.05) is 7.11 Å². The molecule has 1 aliphatic heterocycles. The third-order valence-corrected chi connectivity index (χ3v) is 5.71. The number of hydrogen-bond donors (Lipinski definition) is 0. The molecule has 0 saturated heterocycles. The quantitative estimate of drug-likeness (QED) is 0.682. The van der Waals surface area contributed by atoms with Crippen LogP contribution in [-0.4, -0.2) is 31.1 Å². The van der Waals surface area contributed by atoms with E-state index in [1.54, 1.807) is 36.4 Å². The van der Waals surface area contributed by atoms with E-state index in [1.165, 1.54) is 13.4 Å². The molecule has 3 atom stereocenters. The molecule has 0 radical (unpaired) electrons. The number of benzene rings is 2. The van der Waals surface area contributed by atoms with Crippen LogP contribution < -0.4 is 4.74 Å². The van der Waals surface area contributed by atoms with Crippen LogP contribution in [-0.2, 0) is 14.3 Å². The van der Waals surface area contributed by atoms with Gasteiger partial charge in [0.15, 0.2) is 5.78 Å². The standard InChI is InChI=1S/C23H21ClO5/c1-27-20-5-3-2-4-18(20)23(26)29-16-10-11-17-21(12-16)28-13-19(22(17)25)14-6-8-15(24)9-7-14/h2-9,13,16-17,21H,10-12H2,1H3. The molecule has 0 bridgehead atoms. The highest BCUT2D eigenvalue weighted by atomic mass is 35.5. The van der Waals surface area contributed by atoms with Crippen LogP contribution in [0.2, 0.25) is 5.02 Å². The summed E-state index contributed by atoms with van der Waals surface area (Å²) in [4.78, 5) is 25.5. The minimum Gasteiger partial charge on any atom is -0.496 e. The number of allylic oxidation sites excluding steroid dienone is 1. The Kier molecular flexibility index (Phi) is 5.58. The number of halogens is 1. The fourth-order valence-corrected chi connectivity index (χ4v) is 4.06. The zero-order chi connectivity index (χ0) is 20.4. The topological polar surface area (TPSA) is 61.8 Å². The van der Waals surface area contributed by atoms with E-state index in [9.17, 15) is 9.59 Å². The zero-order valence-electron chi connectivity index (χ0n) is 16.0. The lowest BCUT2D eigenvalue weighted by molar-refractivity contribution is -0.126. The molecule has 2 aromatic carbocycles. The Bertz CT molecular complexity index is 950. The molecule has 0 amide bonds. The number of ketones is 1. The molecule has 5 nitrogen and oxygen atoms in total. The van der Waals surface area contributed by atoms with Crippen molar-refractivity contribution in [3.8, 4) is 5.75 Å². The third kappa shape index (κ3) is 4.01. The molecule has 0 aromatic heterocycles. The summed E-state index contributed by atoms with van der Waals surface area (Å²) in [6.07, 6.45) is 2.65. The number of hydrogen-bond acceptors (Lipinski definition) is 5. The molecule has 1 heterocycles. The van der Waals surface area contributed by atoms with Gasteiger partial charge >= 0.3 is 5.97 Å². The molecule has 0 spiro atoms. The van der Waals surface area contributed by atoms with E-state index < -0.39 is 5.97 Å². The van der Waals surface area contributed by atoms with Gasteiger partial charge in [-0.1, -0.05) is 35.9 Å². The summed E-state index contributed by atoms with van der Waals surface area (Å²) in [7, 11) is 1.52. The molecule has 2 aromatic rings. The van der Waals surface area contributed by atoms with Crippen LogP contribution >= 0.6 is 11.6 Å². The van der Waals surface area contributed by atoms with E-state index in [0.717, 1.165) is 5.56 Å². The minimum absolute atomic E-state index is 0.0677. The summed E-state index contributed by atoms with van der Waals surface area (Å²) in [5.41, 5.74) is 1.75. The first-order valence-corrected chi connectivity index (χ1v) is 9.94. The highest BCUT2D eigenvalue weighted by molar-refractivity contribution is 6.30. The number of carbonyl (C=O) groups is 2. The number of Topliss-reactive ketones (excluding diaryl/α,β-unsaturated/α-hetero) is 1. The fraction of sp³-hybridized carbons (Fsp3) is 0.304. The van der Waals surface area contributed by atoms with Gasteiger partial charge in [0.05, 0.1) is 24.9 Å². The average molecular weight is 413 g/mol. The first-order valence-electron chi connectivity index (χ1n) is 9.56. The van der Waals surface area contributed by atoms with Crippen LogP contribution in [0.25, 0.3) is 5.57 Å². The van der Waals surface area contributed by atoms with Crippen molar-refractivity contribution >= 4 is 28.9 Å². The monoisotopic (exact) mass is 412 g/mol. The van der Waals surface area contributed by atoms with Gasteiger partial charge in [0.2, 0.25) is 0 Å². The van der Waals surface area contributed by atoms with Crippen molar-refractivity contribution < 1.29 is 23.8 Å². The molecular formula is C23H21ClO5. The summed E-state index contributed by atoms with van der Waals surface area (Å²) in [6.45, 7) is 0. The second-order valence-corrected chi connectivity index (χ2v) is 7.66. The van der Waals surface area contributed by atoms with Crippen molar-refractivity contribution in [3.05, 3.63) is 70.9 Å². The van der Waals surface area contributed by atoms with E-state index in [4.69, 9.17) is 25.8 Å². The molecule has 2 aliphatic rings. The smallest absolute Gasteiger partial charge is 0.342 e. The van der Waals surface area contributed by atoms with Crippen molar-refractivity contribution in [2.24, 2.45) is 5.92 Å². The largest absolute Gasteiger partial charge is 0.496 e. The molecule has 6 heteroatoms. The molecule has 150 valence electrons. The molecule has 3 unspecified atom stereocenters. The van der Waals surface area contributed by atoms with Gasteiger partial charge < -0.3 is 14.2 Å². The summed E-state index contributed by atoms with van der Waals surface area (Å²) >= 11 is 5.93. The maximum atomic E-state index is 13.0. The number of para-hydroxylation sites is 1. The Hall–Kier alpha value is -2.79. The third-order valence-electron chi connectivity index (χ3n) is 5.46. The van der Waals surface area contributed by atoms with Gasteiger partial charge in [-0.05, 0) is 42.7 Å². The number of carbonyl (C=O) groups excluding carboxylic acids is 2. The van der Waals surface area contributed by atoms with Gasteiger partial charge in [0.25, 0.3) is 0 Å². The van der Waals surface area contributed by atoms with Gasteiger partial charge in [0.1, 0.15) is 23.5 Å². The van der Waals surface area contributed by atoms with Gasteiger partial charge in [-0.25, -0.2) is 4.79 Å². The Morgan fingerprint density at radius 2 is 1.86 bits per heavy atom. The molecule has 4 rings (SSSR count). The summed E-state index contributed by atoms with van der Waals surface area (Å²) < 4.78 is 16.8. The van der Waals surface area contributed by atoms with Crippen LogP contribution in [0.4, 0.5) is 0 Å². The second-order valence-electron chi connectivity index (χ2n) is 7.22. The Labute approximate surface area is 174 Å². The van der Waals surface area contributed by atoms with Crippen molar-refractivity contribution in [2.45, 2.75) is 31.5 Å². The van der Waals surface area contributed by atoms with Crippen LogP contribution in [0.3, 0.4) is 0 Å². The maximum Gasteiger partial charge on any atom is 0.342 e. The van der Waals surface area contributed by atoms with E-state index >= 15 is 0 Å². The maximum absolute atomic E-state index is 13.0. The predicted molar refractivity (Wildman–Crippen MR) is 109 cm³/mol. The molecule has 1 aliphatic carbocycles. The molecular weight excluding hydrogens is 392 g/mol. The second kappa shape index (κ2) is 8.29. The van der Waals surface area contributed by atoms with Crippen LogP contribution in [0.5, 0.6) is 5.75 Å². The van der Waals surface area contributed by atoms with Crippen LogP contribution in [0.1, 0.15) is 35.2 Å². The van der Waals surface area contributed by atoms with Crippen LogP contribution in [0.15, 0.2) is 54.8 Å². The molecule has 1 fully saturated rings. The first-order chi connectivity index (χ1) is 14.1. The summed E-state index contributed by atoms with van der Waals surface area (Å²) in [6, 6.07) is 14.1. The fourth-order valence-electron chi connectivity index (χ4n) is 3.93. The lowest BCUT2D eigenvalue weighted by Gasteiger charge is -2.37. The molecule has 0 N–H and O–H groups in total. The average Bonchev–Trinajstić information content (AvgIpc) is 2.74. The van der Waals surface area contributed by atoms with Crippen LogP contribution in [0, 0.1) is 5.92 Å². The zero-order valence-corrected chi connectivity index (χ0v) is 16.7. The van der Waals surface area contributed by atoms with Gasteiger partial charge in [-0.3, -0.25) is 4.79 Å².